The first kappa shape index (κ1) is 28.0. The Morgan fingerprint density at radius 2 is 1.71 bits per heavy atom. The maximum atomic E-state index is 13.7. The smallest absolute Gasteiger partial charge is 0.338 e. The van der Waals surface area contributed by atoms with Crippen molar-refractivity contribution in [2.75, 3.05) is 43.0 Å². The predicted molar refractivity (Wildman–Crippen MR) is 153 cm³/mol. The molecular weight excluding hydrogens is 524 g/mol. The molecule has 0 radical (unpaired) electrons. The van der Waals surface area contributed by atoms with Crippen LogP contribution in [0.3, 0.4) is 0 Å². The Morgan fingerprint density at radius 1 is 1.05 bits per heavy atom. The first-order valence-corrected chi connectivity index (χ1v) is 13.7. The van der Waals surface area contributed by atoms with Crippen molar-refractivity contribution < 1.29 is 19.1 Å². The lowest BCUT2D eigenvalue weighted by Gasteiger charge is -2.32. The average molecular weight is 557 g/mol. The second-order valence-corrected chi connectivity index (χ2v) is 10.5. The van der Waals surface area contributed by atoms with E-state index in [2.05, 4.69) is 17.1 Å². The van der Waals surface area contributed by atoms with Crippen LogP contribution in [-0.4, -0.2) is 71.5 Å². The minimum atomic E-state index is -0.733. The Hall–Kier alpha value is -3.01. The molecule has 0 aliphatic carbocycles. The van der Waals surface area contributed by atoms with Crippen LogP contribution in [0.25, 0.3) is 0 Å². The van der Waals surface area contributed by atoms with Crippen LogP contribution in [0, 0.1) is 5.92 Å². The number of piperidine rings is 1. The van der Waals surface area contributed by atoms with Gasteiger partial charge in [0.2, 0.25) is 5.91 Å². The number of thiocarbonyl (C=S) groups is 1. The molecule has 4 rings (SSSR count). The summed E-state index contributed by atoms with van der Waals surface area (Å²) in [6.45, 7) is 7.61. The van der Waals surface area contributed by atoms with E-state index < -0.39 is 12.0 Å². The van der Waals surface area contributed by atoms with Gasteiger partial charge in [-0.1, -0.05) is 18.5 Å². The Balaban J connectivity index is 1.51. The van der Waals surface area contributed by atoms with Gasteiger partial charge in [-0.25, -0.2) is 4.79 Å². The second-order valence-electron chi connectivity index (χ2n) is 9.72. The molecule has 10 heteroatoms. The molecule has 1 N–H and O–H groups in total. The summed E-state index contributed by atoms with van der Waals surface area (Å²) < 4.78 is 5.05. The largest absolute Gasteiger partial charge is 0.462 e. The highest BCUT2D eigenvalue weighted by molar-refractivity contribution is 7.80. The van der Waals surface area contributed by atoms with Crippen molar-refractivity contribution in [3.05, 3.63) is 59.1 Å². The van der Waals surface area contributed by atoms with Crippen LogP contribution in [0.5, 0.6) is 0 Å². The van der Waals surface area contributed by atoms with Gasteiger partial charge in [0.25, 0.3) is 5.91 Å². The molecule has 1 atom stereocenters. The summed E-state index contributed by atoms with van der Waals surface area (Å²) in [6.07, 6.45) is 2.25. The number of amides is 2. The summed E-state index contributed by atoms with van der Waals surface area (Å²) in [5.74, 6) is -0.260. The van der Waals surface area contributed by atoms with Crippen molar-refractivity contribution in [3.8, 4) is 0 Å². The zero-order valence-electron chi connectivity index (χ0n) is 21.7. The zero-order valence-corrected chi connectivity index (χ0v) is 23.3. The highest BCUT2D eigenvalue weighted by Crippen LogP contribution is 2.28. The first-order chi connectivity index (χ1) is 18.3. The molecule has 8 nitrogen and oxygen atoms in total. The topological polar surface area (TPSA) is 82.2 Å². The summed E-state index contributed by atoms with van der Waals surface area (Å²) in [5, 5.41) is 3.78. The Kier molecular flexibility index (Phi) is 9.35. The molecular formula is C28H33ClN4O4S. The van der Waals surface area contributed by atoms with Gasteiger partial charge in [-0.2, -0.15) is 0 Å². The molecule has 1 unspecified atom stereocenters. The minimum Gasteiger partial charge on any atom is -0.462 e. The highest BCUT2D eigenvalue weighted by atomic mass is 35.5. The summed E-state index contributed by atoms with van der Waals surface area (Å²) >= 11 is 11.7. The molecule has 2 aliphatic rings. The monoisotopic (exact) mass is 556 g/mol. The normalized spacial score (nSPS) is 18.7. The fourth-order valence-electron chi connectivity index (χ4n) is 4.74. The van der Waals surface area contributed by atoms with Crippen LogP contribution in [0.2, 0.25) is 5.02 Å². The fraction of sp³-hybridized carbons (Fsp3) is 0.429. The molecule has 202 valence electrons. The van der Waals surface area contributed by atoms with Crippen LogP contribution in [0.4, 0.5) is 11.4 Å². The molecule has 0 bridgehead atoms. The number of esters is 1. The summed E-state index contributed by atoms with van der Waals surface area (Å²) in [5.41, 5.74) is 1.54. The van der Waals surface area contributed by atoms with Gasteiger partial charge >= 0.3 is 5.97 Å². The van der Waals surface area contributed by atoms with E-state index in [1.54, 1.807) is 55.5 Å². The number of hydrogen-bond acceptors (Lipinski definition) is 6. The van der Waals surface area contributed by atoms with Crippen LogP contribution < -0.4 is 10.2 Å². The molecule has 2 aromatic carbocycles. The SMILES string of the molecule is CCOC(=O)c1ccc(N2C(=O)C(CC(=O)Nc3ccc(Cl)cc3)N(CCN3CCC(C)CC3)C2=S)cc1. The predicted octanol–water partition coefficient (Wildman–Crippen LogP) is 4.58. The third-order valence-electron chi connectivity index (χ3n) is 7.00. The van der Waals surface area contributed by atoms with Crippen molar-refractivity contribution >= 4 is 58.1 Å². The van der Waals surface area contributed by atoms with Crippen LogP contribution in [-0.2, 0) is 14.3 Å². The average Bonchev–Trinajstić information content (AvgIpc) is 3.13. The number of likely N-dealkylation sites (tertiary alicyclic amines) is 1. The van der Waals surface area contributed by atoms with Crippen LogP contribution in [0.15, 0.2) is 48.5 Å². The Morgan fingerprint density at radius 3 is 2.34 bits per heavy atom. The van der Waals surface area contributed by atoms with Crippen molar-refractivity contribution in [2.24, 2.45) is 5.92 Å². The summed E-state index contributed by atoms with van der Waals surface area (Å²) in [7, 11) is 0. The number of carbonyl (C=O) groups excluding carboxylic acids is 3. The van der Waals surface area contributed by atoms with E-state index in [0.717, 1.165) is 38.4 Å². The standard InChI is InChI=1S/C28H33ClN4O4S/c1-3-37-27(36)20-4-10-23(11-5-20)33-26(35)24(18-25(34)30-22-8-6-21(29)7-9-22)32(28(33)38)17-16-31-14-12-19(2)13-15-31/h4-11,19,24H,3,12-18H2,1-2H3,(H,30,34). The third kappa shape index (κ3) is 6.70. The number of nitrogens with zero attached hydrogens (tertiary/aromatic N) is 3. The number of nitrogens with one attached hydrogen (secondary N) is 1. The number of hydrogen-bond donors (Lipinski definition) is 1. The summed E-state index contributed by atoms with van der Waals surface area (Å²) in [4.78, 5) is 44.4. The minimum absolute atomic E-state index is 0.0456. The second kappa shape index (κ2) is 12.7. The van der Waals surface area contributed by atoms with E-state index in [0.29, 0.717) is 33.6 Å². The molecule has 2 saturated heterocycles. The number of halogens is 1. The quantitative estimate of drug-likeness (QED) is 0.357. The zero-order chi connectivity index (χ0) is 27.2. The molecule has 38 heavy (non-hydrogen) atoms. The molecule has 0 aromatic heterocycles. The van der Waals surface area contributed by atoms with Gasteiger partial charge in [0.05, 0.1) is 24.3 Å². The summed E-state index contributed by atoms with van der Waals surface area (Å²) in [6, 6.07) is 12.7. The van der Waals surface area contributed by atoms with Gasteiger partial charge < -0.3 is 19.9 Å². The number of benzene rings is 2. The maximum absolute atomic E-state index is 13.7. The molecule has 0 spiro atoms. The highest BCUT2D eigenvalue weighted by Gasteiger charge is 2.44. The van der Waals surface area contributed by atoms with E-state index in [4.69, 9.17) is 28.6 Å². The lowest BCUT2D eigenvalue weighted by Crippen LogP contribution is -2.44. The number of rotatable bonds is 9. The van der Waals surface area contributed by atoms with Gasteiger partial charge in [0, 0.05) is 23.8 Å². The van der Waals surface area contributed by atoms with Crippen molar-refractivity contribution in [1.29, 1.82) is 0 Å². The number of ether oxygens (including phenoxy) is 1. The van der Waals surface area contributed by atoms with Gasteiger partial charge in [-0.05, 0) is 99.5 Å². The molecule has 2 aliphatic heterocycles. The van der Waals surface area contributed by atoms with Crippen molar-refractivity contribution in [1.82, 2.24) is 9.80 Å². The van der Waals surface area contributed by atoms with E-state index in [9.17, 15) is 14.4 Å². The van der Waals surface area contributed by atoms with Gasteiger partial charge in [-0.3, -0.25) is 14.5 Å². The van der Waals surface area contributed by atoms with E-state index in [-0.39, 0.29) is 24.8 Å². The molecule has 2 aromatic rings. The third-order valence-corrected chi connectivity index (χ3v) is 7.66. The number of anilines is 2. The maximum Gasteiger partial charge on any atom is 0.338 e. The lowest BCUT2D eigenvalue weighted by atomic mass is 9.99. The van der Waals surface area contributed by atoms with Gasteiger partial charge in [0.15, 0.2) is 5.11 Å². The van der Waals surface area contributed by atoms with E-state index in [1.807, 2.05) is 4.90 Å². The first-order valence-electron chi connectivity index (χ1n) is 13.0. The molecule has 2 amide bonds. The Labute approximate surface area is 233 Å². The molecule has 0 saturated carbocycles. The van der Waals surface area contributed by atoms with Crippen molar-refractivity contribution in [2.45, 2.75) is 39.2 Å². The van der Waals surface area contributed by atoms with Gasteiger partial charge in [0.1, 0.15) is 6.04 Å². The van der Waals surface area contributed by atoms with Gasteiger partial charge in [-0.15, -0.1) is 0 Å². The fourth-order valence-corrected chi connectivity index (χ4v) is 5.28. The van der Waals surface area contributed by atoms with E-state index in [1.165, 1.54) is 4.90 Å². The number of carbonyl (C=O) groups is 3. The van der Waals surface area contributed by atoms with Crippen LogP contribution >= 0.6 is 23.8 Å². The van der Waals surface area contributed by atoms with Crippen molar-refractivity contribution in [3.63, 3.8) is 0 Å². The van der Waals surface area contributed by atoms with E-state index >= 15 is 0 Å². The Bertz CT molecular complexity index is 1170. The lowest BCUT2D eigenvalue weighted by molar-refractivity contribution is -0.124. The molecule has 2 fully saturated rings. The molecule has 2 heterocycles. The van der Waals surface area contributed by atoms with Crippen LogP contribution in [0.1, 0.15) is 43.5 Å².